The molecule has 0 radical (unpaired) electrons. The zero-order valence-electron chi connectivity index (χ0n) is 14.5. The molecule has 8 heteroatoms. The number of anilines is 1. The van der Waals surface area contributed by atoms with E-state index in [-0.39, 0.29) is 0 Å². The summed E-state index contributed by atoms with van der Waals surface area (Å²) in [7, 11) is -3.47. The lowest BCUT2D eigenvalue weighted by Gasteiger charge is -2.12. The van der Waals surface area contributed by atoms with E-state index in [0.717, 1.165) is 22.6 Å². The predicted molar refractivity (Wildman–Crippen MR) is 104 cm³/mol. The highest BCUT2D eigenvalue weighted by Crippen LogP contribution is 2.36. The first-order valence-electron chi connectivity index (χ1n) is 8.07. The van der Waals surface area contributed by atoms with Crippen molar-refractivity contribution >= 4 is 27.0 Å². The third-order valence-electron chi connectivity index (χ3n) is 4.04. The Bertz CT molecular complexity index is 1050. The van der Waals surface area contributed by atoms with Crippen molar-refractivity contribution in [2.45, 2.75) is 19.1 Å². The Morgan fingerprint density at radius 2 is 1.52 bits per heavy atom. The second-order valence-electron chi connectivity index (χ2n) is 6.23. The maximum Gasteiger partial charge on any atom is 0.235 e. The molecular formula is C19H17F2NO3S2. The van der Waals surface area contributed by atoms with Crippen LogP contribution in [-0.2, 0) is 10.0 Å². The second kappa shape index (κ2) is 7.28. The molecule has 3 rings (SSSR count). The van der Waals surface area contributed by atoms with Crippen LogP contribution in [0.3, 0.4) is 0 Å². The molecule has 0 aliphatic rings. The van der Waals surface area contributed by atoms with E-state index in [2.05, 4.69) is 4.72 Å². The van der Waals surface area contributed by atoms with Crippen LogP contribution in [0.1, 0.15) is 13.8 Å². The van der Waals surface area contributed by atoms with Crippen molar-refractivity contribution in [2.75, 3.05) is 4.72 Å². The molecule has 0 saturated carbocycles. The van der Waals surface area contributed by atoms with Crippen LogP contribution >= 0.6 is 11.3 Å². The molecular weight excluding hydrogens is 392 g/mol. The van der Waals surface area contributed by atoms with Crippen molar-refractivity contribution in [3.8, 4) is 27.3 Å². The van der Waals surface area contributed by atoms with Gasteiger partial charge in [0.1, 0.15) is 0 Å². The van der Waals surface area contributed by atoms with E-state index in [1.54, 1.807) is 49.6 Å². The van der Waals surface area contributed by atoms with Crippen LogP contribution in [0.5, 0.6) is 5.75 Å². The minimum Gasteiger partial charge on any atom is -0.503 e. The average Bonchev–Trinajstić information content (AvgIpc) is 3.06. The maximum atomic E-state index is 13.6. The lowest BCUT2D eigenvalue weighted by molar-refractivity contribution is 0.396. The summed E-state index contributed by atoms with van der Waals surface area (Å²) >= 11 is 1.38. The summed E-state index contributed by atoms with van der Waals surface area (Å²) in [6.45, 7) is 3.19. The minimum absolute atomic E-state index is 0.293. The van der Waals surface area contributed by atoms with Crippen LogP contribution in [0.2, 0.25) is 0 Å². The zero-order chi connectivity index (χ0) is 19.8. The summed E-state index contributed by atoms with van der Waals surface area (Å²) in [5.41, 5.74) is 2.12. The molecule has 4 nitrogen and oxygen atoms in total. The topological polar surface area (TPSA) is 66.4 Å². The number of thiophene rings is 1. The lowest BCUT2D eigenvalue weighted by atomic mass is 10.0. The number of aromatic hydroxyl groups is 1. The molecule has 0 saturated heterocycles. The van der Waals surface area contributed by atoms with Gasteiger partial charge in [-0.15, -0.1) is 11.3 Å². The SMILES string of the molecule is CC(C)S(=O)(=O)Nc1ccsc1-c1ccc(-c2cc(F)c(O)c(F)c2)cc1. The molecule has 2 aromatic carbocycles. The number of phenolic OH excluding ortho intramolecular Hbond substituents is 1. The van der Waals surface area contributed by atoms with Gasteiger partial charge in [0.2, 0.25) is 10.0 Å². The number of sulfonamides is 1. The fourth-order valence-corrected chi connectivity index (χ4v) is 4.07. The summed E-state index contributed by atoms with van der Waals surface area (Å²) in [4.78, 5) is 0.744. The maximum absolute atomic E-state index is 13.6. The number of rotatable bonds is 5. The monoisotopic (exact) mass is 409 g/mol. The fraction of sp³-hybridized carbons (Fsp3) is 0.158. The molecule has 0 aliphatic carbocycles. The Labute approximate surface area is 160 Å². The largest absolute Gasteiger partial charge is 0.503 e. The van der Waals surface area contributed by atoms with Gasteiger partial charge < -0.3 is 5.11 Å². The van der Waals surface area contributed by atoms with Crippen LogP contribution in [0.15, 0.2) is 47.8 Å². The molecule has 0 bridgehead atoms. The molecule has 0 atom stereocenters. The third-order valence-corrected chi connectivity index (χ3v) is 6.74. The molecule has 0 aliphatic heterocycles. The third kappa shape index (κ3) is 3.96. The first kappa shape index (κ1) is 19.3. The molecule has 1 aromatic heterocycles. The van der Waals surface area contributed by atoms with Crippen LogP contribution < -0.4 is 4.72 Å². The summed E-state index contributed by atoms with van der Waals surface area (Å²) in [6.07, 6.45) is 0. The van der Waals surface area contributed by atoms with E-state index < -0.39 is 32.7 Å². The van der Waals surface area contributed by atoms with E-state index in [0.29, 0.717) is 16.8 Å². The smallest absolute Gasteiger partial charge is 0.235 e. The van der Waals surface area contributed by atoms with Gasteiger partial charge in [0, 0.05) is 0 Å². The Hall–Kier alpha value is -2.45. The Kier molecular flexibility index (Phi) is 5.21. The highest BCUT2D eigenvalue weighted by atomic mass is 32.2. The molecule has 1 heterocycles. The Morgan fingerprint density at radius 1 is 0.963 bits per heavy atom. The molecule has 0 unspecified atom stereocenters. The number of nitrogens with one attached hydrogen (secondary N) is 1. The van der Waals surface area contributed by atoms with Crippen molar-refractivity contribution in [3.05, 3.63) is 59.5 Å². The van der Waals surface area contributed by atoms with Gasteiger partial charge in [-0.05, 0) is 54.1 Å². The van der Waals surface area contributed by atoms with Crippen LogP contribution in [0.25, 0.3) is 21.6 Å². The molecule has 0 amide bonds. The van der Waals surface area contributed by atoms with Crippen molar-refractivity contribution in [1.82, 2.24) is 0 Å². The standard InChI is InChI=1S/C19H17F2NO3S2/c1-11(2)27(24,25)22-17-7-8-26-19(17)13-5-3-12(4-6-13)14-9-15(20)18(23)16(21)10-14/h3-11,22-23H,1-2H3. The zero-order valence-corrected chi connectivity index (χ0v) is 16.2. The molecule has 3 aromatic rings. The summed E-state index contributed by atoms with van der Waals surface area (Å²) < 4.78 is 53.9. The number of hydrogen-bond donors (Lipinski definition) is 2. The number of benzene rings is 2. The molecule has 0 spiro atoms. The number of phenols is 1. The van der Waals surface area contributed by atoms with Crippen LogP contribution in [0.4, 0.5) is 14.5 Å². The Morgan fingerprint density at radius 3 is 2.07 bits per heavy atom. The van der Waals surface area contributed by atoms with E-state index in [9.17, 15) is 22.3 Å². The number of hydrogen-bond acceptors (Lipinski definition) is 4. The van der Waals surface area contributed by atoms with E-state index >= 15 is 0 Å². The normalized spacial score (nSPS) is 11.7. The van der Waals surface area contributed by atoms with E-state index in [1.165, 1.54) is 11.3 Å². The summed E-state index contributed by atoms with van der Waals surface area (Å²) in [6, 6.07) is 10.7. The van der Waals surface area contributed by atoms with Crippen LogP contribution in [-0.4, -0.2) is 18.8 Å². The highest BCUT2D eigenvalue weighted by molar-refractivity contribution is 7.93. The van der Waals surface area contributed by atoms with Gasteiger partial charge in [0.05, 0.1) is 15.8 Å². The van der Waals surface area contributed by atoms with Gasteiger partial charge in [0.25, 0.3) is 0 Å². The van der Waals surface area contributed by atoms with Crippen molar-refractivity contribution in [2.24, 2.45) is 0 Å². The Balaban J connectivity index is 1.93. The average molecular weight is 409 g/mol. The van der Waals surface area contributed by atoms with Gasteiger partial charge >= 0.3 is 0 Å². The summed E-state index contributed by atoms with van der Waals surface area (Å²) in [5, 5.41) is 10.4. The van der Waals surface area contributed by atoms with Gasteiger partial charge in [-0.2, -0.15) is 0 Å². The quantitative estimate of drug-likeness (QED) is 0.607. The first-order valence-corrected chi connectivity index (χ1v) is 10.5. The second-order valence-corrected chi connectivity index (χ2v) is 9.38. The molecule has 27 heavy (non-hydrogen) atoms. The highest BCUT2D eigenvalue weighted by Gasteiger charge is 2.18. The van der Waals surface area contributed by atoms with E-state index in [1.807, 2.05) is 0 Å². The van der Waals surface area contributed by atoms with E-state index in [4.69, 9.17) is 0 Å². The van der Waals surface area contributed by atoms with Crippen molar-refractivity contribution < 1.29 is 22.3 Å². The summed E-state index contributed by atoms with van der Waals surface area (Å²) in [5.74, 6) is -3.06. The van der Waals surface area contributed by atoms with Gasteiger partial charge in [-0.25, -0.2) is 17.2 Å². The molecule has 0 fully saturated rings. The minimum atomic E-state index is -3.47. The number of halogens is 2. The predicted octanol–water partition coefficient (Wildman–Crippen LogP) is 5.22. The molecule has 142 valence electrons. The van der Waals surface area contributed by atoms with Gasteiger partial charge in [-0.3, -0.25) is 4.72 Å². The molecule has 2 N–H and O–H groups in total. The van der Waals surface area contributed by atoms with Gasteiger partial charge in [-0.1, -0.05) is 24.3 Å². The first-order chi connectivity index (χ1) is 12.7. The fourth-order valence-electron chi connectivity index (χ4n) is 2.43. The lowest BCUT2D eigenvalue weighted by Crippen LogP contribution is -2.22. The van der Waals surface area contributed by atoms with Crippen molar-refractivity contribution in [1.29, 1.82) is 0 Å². The van der Waals surface area contributed by atoms with Gasteiger partial charge in [0.15, 0.2) is 17.4 Å². The van der Waals surface area contributed by atoms with Crippen molar-refractivity contribution in [3.63, 3.8) is 0 Å². The van der Waals surface area contributed by atoms with Crippen LogP contribution in [0, 0.1) is 11.6 Å².